The van der Waals surface area contributed by atoms with Crippen molar-refractivity contribution in [1.29, 1.82) is 0 Å². The van der Waals surface area contributed by atoms with Crippen molar-refractivity contribution in [2.75, 3.05) is 13.2 Å². The van der Waals surface area contributed by atoms with Crippen LogP contribution < -0.4 is 4.74 Å². The van der Waals surface area contributed by atoms with Gasteiger partial charge in [0.05, 0.1) is 6.61 Å². The number of benzene rings is 1. The van der Waals surface area contributed by atoms with Crippen LogP contribution in [0.2, 0.25) is 0 Å². The summed E-state index contributed by atoms with van der Waals surface area (Å²) in [6.45, 7) is 7.34. The summed E-state index contributed by atoms with van der Waals surface area (Å²) < 4.78 is 11.1. The van der Waals surface area contributed by atoms with E-state index in [0.29, 0.717) is 6.61 Å². The molecule has 0 spiro atoms. The molecule has 1 aliphatic rings. The van der Waals surface area contributed by atoms with E-state index in [2.05, 4.69) is 37.8 Å². The molecule has 0 aliphatic carbocycles. The van der Waals surface area contributed by atoms with E-state index in [0.717, 1.165) is 12.4 Å². The third-order valence-electron chi connectivity index (χ3n) is 5.23. The molecule has 0 radical (unpaired) electrons. The summed E-state index contributed by atoms with van der Waals surface area (Å²) in [5.74, 6) is 0.954. The Labute approximate surface area is 161 Å². The van der Waals surface area contributed by atoms with Gasteiger partial charge in [0, 0.05) is 0 Å². The average molecular weight is 359 g/mol. The molecule has 146 valence electrons. The van der Waals surface area contributed by atoms with Crippen LogP contribution in [-0.4, -0.2) is 18.8 Å². The van der Waals surface area contributed by atoms with Crippen LogP contribution in [0.3, 0.4) is 0 Å². The molecule has 1 unspecified atom stereocenters. The third-order valence-corrected chi connectivity index (χ3v) is 5.23. The second kappa shape index (κ2) is 12.2. The highest BCUT2D eigenvalue weighted by Gasteiger charge is 2.40. The van der Waals surface area contributed by atoms with Gasteiger partial charge in [-0.05, 0) is 50.3 Å². The van der Waals surface area contributed by atoms with E-state index in [1.54, 1.807) is 0 Å². The van der Waals surface area contributed by atoms with Crippen molar-refractivity contribution in [3.05, 3.63) is 42.5 Å². The minimum absolute atomic E-state index is 0.0375. The Kier molecular flexibility index (Phi) is 9.84. The normalized spacial score (nSPS) is 18.7. The fourth-order valence-corrected chi connectivity index (χ4v) is 3.23. The molecule has 1 aromatic carbocycles. The molecular formula is C24H38O2. The topological polar surface area (TPSA) is 21.8 Å². The monoisotopic (exact) mass is 358 g/mol. The molecule has 26 heavy (non-hydrogen) atoms. The zero-order valence-corrected chi connectivity index (χ0v) is 16.8. The maximum atomic E-state index is 5.78. The molecule has 1 heterocycles. The Morgan fingerprint density at radius 3 is 2.00 bits per heavy atom. The molecular weight excluding hydrogens is 320 g/mol. The quantitative estimate of drug-likeness (QED) is 0.183. The van der Waals surface area contributed by atoms with Gasteiger partial charge in [0.25, 0.3) is 0 Å². The zero-order valence-electron chi connectivity index (χ0n) is 16.8. The molecule has 0 aromatic heterocycles. The Hall–Kier alpha value is -1.28. The number of allylic oxidation sites excluding steroid dienone is 1. The van der Waals surface area contributed by atoms with Gasteiger partial charge >= 0.3 is 0 Å². The number of unbranched alkanes of at least 4 members (excludes halogenated alkanes) is 10. The third kappa shape index (κ3) is 9.43. The predicted octanol–water partition coefficient (Wildman–Crippen LogP) is 6.87. The molecule has 1 aromatic rings. The fraction of sp³-hybridized carbons (Fsp3) is 0.667. The summed E-state index contributed by atoms with van der Waals surface area (Å²) in [7, 11) is 0. The van der Waals surface area contributed by atoms with Crippen molar-refractivity contribution in [2.45, 2.75) is 89.6 Å². The second-order valence-electron chi connectivity index (χ2n) is 8.03. The van der Waals surface area contributed by atoms with Gasteiger partial charge < -0.3 is 9.47 Å². The first-order chi connectivity index (χ1) is 12.7. The standard InChI is InChI=1S/C24H38O2/c1-3-4-5-6-7-8-9-10-11-12-13-14-15-22-16-18-23(19-17-22)25-20-24(2)21-26-24/h3,16-19H,1,4-15,20-21H2,2H3. The van der Waals surface area contributed by atoms with Crippen LogP contribution in [0, 0.1) is 0 Å². The van der Waals surface area contributed by atoms with E-state index in [1.165, 1.54) is 82.6 Å². The number of hydrogen-bond donors (Lipinski definition) is 0. The smallest absolute Gasteiger partial charge is 0.123 e. The van der Waals surface area contributed by atoms with Crippen molar-refractivity contribution in [3.8, 4) is 5.75 Å². The molecule has 1 fully saturated rings. The van der Waals surface area contributed by atoms with Crippen LogP contribution in [0.1, 0.15) is 83.1 Å². The van der Waals surface area contributed by atoms with Crippen molar-refractivity contribution in [1.82, 2.24) is 0 Å². The van der Waals surface area contributed by atoms with E-state index in [9.17, 15) is 0 Å². The molecule has 1 aliphatic heterocycles. The van der Waals surface area contributed by atoms with Crippen LogP contribution in [0.25, 0.3) is 0 Å². The van der Waals surface area contributed by atoms with Gasteiger partial charge in [0.2, 0.25) is 0 Å². The van der Waals surface area contributed by atoms with E-state index in [-0.39, 0.29) is 5.60 Å². The van der Waals surface area contributed by atoms with Crippen LogP contribution in [0.5, 0.6) is 5.75 Å². The van der Waals surface area contributed by atoms with Crippen molar-refractivity contribution >= 4 is 0 Å². The largest absolute Gasteiger partial charge is 0.491 e. The van der Waals surface area contributed by atoms with Gasteiger partial charge in [-0.15, -0.1) is 6.58 Å². The summed E-state index contributed by atoms with van der Waals surface area (Å²) in [6, 6.07) is 8.60. The molecule has 0 bridgehead atoms. The molecule has 2 nitrogen and oxygen atoms in total. The van der Waals surface area contributed by atoms with E-state index >= 15 is 0 Å². The Morgan fingerprint density at radius 2 is 1.46 bits per heavy atom. The molecule has 0 N–H and O–H groups in total. The zero-order chi connectivity index (χ0) is 18.5. The SMILES string of the molecule is C=CCCCCCCCCCCCCc1ccc(OCC2(C)CO2)cc1. The predicted molar refractivity (Wildman–Crippen MR) is 111 cm³/mol. The lowest BCUT2D eigenvalue weighted by Gasteiger charge is -2.09. The van der Waals surface area contributed by atoms with Crippen LogP contribution in [0.4, 0.5) is 0 Å². The lowest BCUT2D eigenvalue weighted by molar-refractivity contribution is 0.202. The van der Waals surface area contributed by atoms with Crippen molar-refractivity contribution < 1.29 is 9.47 Å². The first-order valence-corrected chi connectivity index (χ1v) is 10.7. The molecule has 2 rings (SSSR count). The Morgan fingerprint density at radius 1 is 0.923 bits per heavy atom. The highest BCUT2D eigenvalue weighted by atomic mass is 16.6. The van der Waals surface area contributed by atoms with Crippen LogP contribution >= 0.6 is 0 Å². The average Bonchev–Trinajstić information content (AvgIpc) is 3.40. The van der Waals surface area contributed by atoms with Crippen LogP contribution in [0.15, 0.2) is 36.9 Å². The first kappa shape index (κ1) is 21.0. The number of hydrogen-bond acceptors (Lipinski definition) is 2. The number of epoxide rings is 1. The highest BCUT2D eigenvalue weighted by molar-refractivity contribution is 5.27. The summed E-state index contributed by atoms with van der Waals surface area (Å²) in [4.78, 5) is 0. The highest BCUT2D eigenvalue weighted by Crippen LogP contribution is 2.27. The number of aryl methyl sites for hydroxylation is 1. The maximum Gasteiger partial charge on any atom is 0.123 e. The van der Waals surface area contributed by atoms with Gasteiger partial charge in [-0.1, -0.05) is 69.6 Å². The van der Waals surface area contributed by atoms with Crippen molar-refractivity contribution in [2.24, 2.45) is 0 Å². The lowest BCUT2D eigenvalue weighted by atomic mass is 10.0. The number of ether oxygens (including phenoxy) is 2. The number of rotatable bonds is 16. The van der Waals surface area contributed by atoms with Gasteiger partial charge in [0.15, 0.2) is 0 Å². The Balaban J connectivity index is 1.40. The molecule has 0 saturated carbocycles. The fourth-order valence-electron chi connectivity index (χ4n) is 3.23. The van der Waals surface area contributed by atoms with Gasteiger partial charge in [-0.3, -0.25) is 0 Å². The van der Waals surface area contributed by atoms with E-state index < -0.39 is 0 Å². The minimum Gasteiger partial charge on any atom is -0.491 e. The first-order valence-electron chi connectivity index (χ1n) is 10.7. The molecule has 0 amide bonds. The minimum atomic E-state index is -0.0375. The molecule has 2 heteroatoms. The summed E-state index contributed by atoms with van der Waals surface area (Å²) in [6.07, 6.45) is 18.2. The van der Waals surface area contributed by atoms with Gasteiger partial charge in [-0.25, -0.2) is 0 Å². The van der Waals surface area contributed by atoms with Gasteiger partial charge in [-0.2, -0.15) is 0 Å². The van der Waals surface area contributed by atoms with Gasteiger partial charge in [0.1, 0.15) is 18.0 Å². The summed E-state index contributed by atoms with van der Waals surface area (Å²) in [5.41, 5.74) is 1.38. The summed E-state index contributed by atoms with van der Waals surface area (Å²) in [5, 5.41) is 0. The maximum absolute atomic E-state index is 5.78. The second-order valence-corrected chi connectivity index (χ2v) is 8.03. The van der Waals surface area contributed by atoms with Crippen LogP contribution in [-0.2, 0) is 11.2 Å². The van der Waals surface area contributed by atoms with E-state index in [4.69, 9.17) is 9.47 Å². The lowest BCUT2D eigenvalue weighted by Crippen LogP contribution is -2.16. The molecule has 1 saturated heterocycles. The molecule has 1 atom stereocenters. The summed E-state index contributed by atoms with van der Waals surface area (Å²) >= 11 is 0. The Bertz CT molecular complexity index is 487. The van der Waals surface area contributed by atoms with Crippen molar-refractivity contribution in [3.63, 3.8) is 0 Å². The van der Waals surface area contributed by atoms with E-state index in [1.807, 2.05) is 6.08 Å².